The normalized spacial score (nSPS) is 11.9. The standard InChI is InChI=1S/C26H28ClFN4O5/c1-5-35-23(33)14-18(31-25(34)37-26(2,3)4)13-22-29-11-10-21(32-22)16-6-8-19(9-7-16)36-24-20(28)12-17(27)15-30-24/h6-12,15,18H,5,13-14H2,1-4H3,(H,31,34)/t18-/m1/s1. The van der Waals surface area contributed by atoms with E-state index >= 15 is 0 Å². The lowest BCUT2D eigenvalue weighted by Gasteiger charge is -2.23. The van der Waals surface area contributed by atoms with Crippen molar-refractivity contribution in [2.24, 2.45) is 0 Å². The zero-order valence-corrected chi connectivity index (χ0v) is 21.7. The van der Waals surface area contributed by atoms with Crippen molar-refractivity contribution in [1.29, 1.82) is 0 Å². The van der Waals surface area contributed by atoms with Gasteiger partial charge in [-0.15, -0.1) is 0 Å². The van der Waals surface area contributed by atoms with Crippen LogP contribution in [0.15, 0.2) is 48.8 Å². The summed E-state index contributed by atoms with van der Waals surface area (Å²) in [6.07, 6.45) is 2.34. The largest absolute Gasteiger partial charge is 0.466 e. The monoisotopic (exact) mass is 530 g/mol. The minimum Gasteiger partial charge on any atom is -0.466 e. The van der Waals surface area contributed by atoms with Gasteiger partial charge in [0.15, 0.2) is 5.82 Å². The smallest absolute Gasteiger partial charge is 0.407 e. The molecule has 1 atom stereocenters. The maximum absolute atomic E-state index is 14.0. The summed E-state index contributed by atoms with van der Waals surface area (Å²) in [5, 5.41) is 2.88. The van der Waals surface area contributed by atoms with Crippen molar-refractivity contribution in [2.45, 2.75) is 52.2 Å². The van der Waals surface area contributed by atoms with Crippen molar-refractivity contribution in [3.63, 3.8) is 0 Å². The van der Waals surface area contributed by atoms with Gasteiger partial charge in [0.05, 0.1) is 23.7 Å². The van der Waals surface area contributed by atoms with Gasteiger partial charge in [0.25, 0.3) is 5.88 Å². The van der Waals surface area contributed by atoms with E-state index in [0.29, 0.717) is 17.3 Å². The molecule has 2 heterocycles. The highest BCUT2D eigenvalue weighted by Gasteiger charge is 2.23. The second-order valence-corrected chi connectivity index (χ2v) is 9.42. The summed E-state index contributed by atoms with van der Waals surface area (Å²) >= 11 is 5.72. The molecular formula is C26H28ClFN4O5. The molecule has 0 spiro atoms. The molecule has 0 bridgehead atoms. The third-order valence-corrected chi connectivity index (χ3v) is 4.92. The molecule has 0 aliphatic rings. The first kappa shape index (κ1) is 27.8. The molecule has 0 unspecified atom stereocenters. The van der Waals surface area contributed by atoms with Gasteiger partial charge in [-0.05, 0) is 64.1 Å². The fourth-order valence-corrected chi connectivity index (χ4v) is 3.38. The number of ether oxygens (including phenoxy) is 3. The third-order valence-electron chi connectivity index (χ3n) is 4.71. The van der Waals surface area contributed by atoms with Gasteiger partial charge in [-0.25, -0.2) is 24.1 Å². The summed E-state index contributed by atoms with van der Waals surface area (Å²) in [5.74, 6) is -0.527. The van der Waals surface area contributed by atoms with E-state index in [9.17, 15) is 14.0 Å². The SMILES string of the molecule is CCOC(=O)C[C@@H](Cc1nccc(-c2ccc(Oc3ncc(Cl)cc3F)cc2)n1)NC(=O)OC(C)(C)C. The third kappa shape index (κ3) is 8.98. The van der Waals surface area contributed by atoms with Crippen molar-refractivity contribution in [2.75, 3.05) is 6.61 Å². The van der Waals surface area contributed by atoms with Crippen molar-refractivity contribution < 1.29 is 28.2 Å². The summed E-state index contributed by atoms with van der Waals surface area (Å²) in [7, 11) is 0. The number of alkyl carbamates (subject to hydrolysis) is 1. The number of hydrogen-bond acceptors (Lipinski definition) is 8. The first-order valence-corrected chi connectivity index (χ1v) is 12.0. The van der Waals surface area contributed by atoms with Crippen LogP contribution in [-0.2, 0) is 20.7 Å². The van der Waals surface area contributed by atoms with Crippen LogP contribution in [0.25, 0.3) is 11.3 Å². The van der Waals surface area contributed by atoms with Gasteiger partial charge in [0.2, 0.25) is 0 Å². The topological polar surface area (TPSA) is 113 Å². The molecule has 196 valence electrons. The molecule has 0 aliphatic carbocycles. The van der Waals surface area contributed by atoms with Gasteiger partial charge in [-0.3, -0.25) is 4.79 Å². The lowest BCUT2D eigenvalue weighted by molar-refractivity contribution is -0.143. The number of amides is 1. The fraction of sp³-hybridized carbons (Fsp3) is 0.346. The number of halogens is 2. The first-order valence-electron chi connectivity index (χ1n) is 11.6. The molecule has 0 fully saturated rings. The fourth-order valence-electron chi connectivity index (χ4n) is 3.23. The van der Waals surface area contributed by atoms with Crippen LogP contribution in [-0.4, -0.2) is 45.3 Å². The molecule has 1 aromatic carbocycles. The minimum atomic E-state index is -0.694. The average Bonchev–Trinajstić information content (AvgIpc) is 2.80. The molecular weight excluding hydrogens is 503 g/mol. The van der Waals surface area contributed by atoms with E-state index in [1.807, 2.05) is 0 Å². The van der Waals surface area contributed by atoms with Crippen LogP contribution in [0.5, 0.6) is 11.6 Å². The van der Waals surface area contributed by atoms with Crippen LogP contribution in [0.2, 0.25) is 5.02 Å². The Labute approximate surface area is 219 Å². The van der Waals surface area contributed by atoms with E-state index in [1.54, 1.807) is 64.2 Å². The van der Waals surface area contributed by atoms with Crippen molar-refractivity contribution in [1.82, 2.24) is 20.3 Å². The number of benzene rings is 1. The number of nitrogens with zero attached hydrogens (tertiary/aromatic N) is 3. The number of nitrogens with one attached hydrogen (secondary N) is 1. The molecule has 0 aliphatic heterocycles. The van der Waals surface area contributed by atoms with Gasteiger partial charge in [0.1, 0.15) is 17.2 Å². The van der Waals surface area contributed by atoms with E-state index in [4.69, 9.17) is 25.8 Å². The summed E-state index contributed by atoms with van der Waals surface area (Å²) in [6.45, 7) is 7.18. The number of aromatic nitrogens is 3. The summed E-state index contributed by atoms with van der Waals surface area (Å²) in [6, 6.07) is 9.02. The first-order chi connectivity index (χ1) is 17.5. The van der Waals surface area contributed by atoms with E-state index in [0.717, 1.165) is 11.6 Å². The molecule has 0 saturated carbocycles. The zero-order chi connectivity index (χ0) is 27.0. The molecule has 1 N–H and O–H groups in total. The molecule has 3 rings (SSSR count). The highest BCUT2D eigenvalue weighted by molar-refractivity contribution is 6.30. The highest BCUT2D eigenvalue weighted by Crippen LogP contribution is 2.26. The molecule has 11 heteroatoms. The maximum Gasteiger partial charge on any atom is 0.407 e. The van der Waals surface area contributed by atoms with E-state index in [1.165, 1.54) is 6.20 Å². The Morgan fingerprint density at radius 2 is 1.86 bits per heavy atom. The Balaban J connectivity index is 1.73. The minimum absolute atomic E-state index is 0.0675. The van der Waals surface area contributed by atoms with E-state index in [2.05, 4.69) is 20.3 Å². The number of esters is 1. The van der Waals surface area contributed by atoms with Gasteiger partial charge in [-0.1, -0.05) is 11.6 Å². The Bertz CT molecular complexity index is 1230. The van der Waals surface area contributed by atoms with Crippen LogP contribution >= 0.6 is 11.6 Å². The summed E-state index contributed by atoms with van der Waals surface area (Å²) in [4.78, 5) is 37.1. The molecule has 2 aromatic heterocycles. The Hall–Kier alpha value is -3.79. The second kappa shape index (κ2) is 12.4. The molecule has 37 heavy (non-hydrogen) atoms. The quantitative estimate of drug-likeness (QED) is 0.360. The molecule has 1 amide bonds. The van der Waals surface area contributed by atoms with Gasteiger partial charge in [0, 0.05) is 30.4 Å². The van der Waals surface area contributed by atoms with Crippen LogP contribution in [0, 0.1) is 5.82 Å². The Morgan fingerprint density at radius 1 is 1.14 bits per heavy atom. The summed E-state index contributed by atoms with van der Waals surface area (Å²) < 4.78 is 29.8. The lowest BCUT2D eigenvalue weighted by Crippen LogP contribution is -2.41. The number of hydrogen-bond donors (Lipinski definition) is 1. The predicted octanol–water partition coefficient (Wildman–Crippen LogP) is 5.51. The van der Waals surface area contributed by atoms with Crippen molar-refractivity contribution in [3.05, 3.63) is 65.5 Å². The van der Waals surface area contributed by atoms with Crippen LogP contribution in [0.1, 0.15) is 39.9 Å². The molecule has 0 saturated heterocycles. The van der Waals surface area contributed by atoms with E-state index < -0.39 is 29.5 Å². The number of carbonyl (C=O) groups excluding carboxylic acids is 2. The van der Waals surface area contributed by atoms with Gasteiger partial charge in [-0.2, -0.15) is 0 Å². The van der Waals surface area contributed by atoms with E-state index in [-0.39, 0.29) is 30.4 Å². The lowest BCUT2D eigenvalue weighted by atomic mass is 10.1. The van der Waals surface area contributed by atoms with Crippen LogP contribution in [0.4, 0.5) is 9.18 Å². The van der Waals surface area contributed by atoms with Crippen molar-refractivity contribution >= 4 is 23.7 Å². The number of pyridine rings is 1. The summed E-state index contributed by atoms with van der Waals surface area (Å²) in [5.41, 5.74) is 0.669. The van der Waals surface area contributed by atoms with Gasteiger partial charge < -0.3 is 19.5 Å². The molecule has 3 aromatic rings. The molecule has 9 nitrogen and oxygen atoms in total. The number of rotatable bonds is 9. The highest BCUT2D eigenvalue weighted by atomic mass is 35.5. The van der Waals surface area contributed by atoms with Gasteiger partial charge >= 0.3 is 12.1 Å². The Morgan fingerprint density at radius 3 is 2.51 bits per heavy atom. The zero-order valence-electron chi connectivity index (χ0n) is 21.0. The maximum atomic E-state index is 14.0. The van der Waals surface area contributed by atoms with Crippen molar-refractivity contribution in [3.8, 4) is 22.9 Å². The predicted molar refractivity (Wildman–Crippen MR) is 135 cm³/mol. The molecule has 0 radical (unpaired) electrons. The van der Waals surface area contributed by atoms with Crippen LogP contribution < -0.4 is 10.1 Å². The Kier molecular flexibility index (Phi) is 9.35. The second-order valence-electron chi connectivity index (χ2n) is 8.98. The average molecular weight is 531 g/mol. The number of carbonyl (C=O) groups is 2. The van der Waals surface area contributed by atoms with Crippen LogP contribution in [0.3, 0.4) is 0 Å².